The fourth-order valence-electron chi connectivity index (χ4n) is 4.94. The molecule has 0 saturated heterocycles. The first kappa shape index (κ1) is 24.4. The summed E-state index contributed by atoms with van der Waals surface area (Å²) in [7, 11) is -0.632. The zero-order valence-electron chi connectivity index (χ0n) is 20.7. The lowest BCUT2D eigenvalue weighted by Crippen LogP contribution is -2.42. The molecule has 0 bridgehead atoms. The standard InChI is InChI=1S/C32H31N2PS/c1-23(28-20-11-14-25-13-9-10-19-30(25)28)33-32(36)34-24(2)29-21-12-22-31(29)35(26-15-5-3-6-16-26)27-17-7-4-8-18-27/h3-20,22-24H,21H2,1-2H3,(H2,33,34,36)/t23-,24-/m1/s1. The predicted molar refractivity (Wildman–Crippen MR) is 161 cm³/mol. The molecule has 0 fully saturated rings. The van der Waals surface area contributed by atoms with E-state index in [1.807, 2.05) is 0 Å². The van der Waals surface area contributed by atoms with Gasteiger partial charge in [-0.25, -0.2) is 0 Å². The van der Waals surface area contributed by atoms with Crippen molar-refractivity contribution in [3.05, 3.63) is 132 Å². The maximum Gasteiger partial charge on any atom is 0.167 e. The van der Waals surface area contributed by atoms with Gasteiger partial charge in [-0.2, -0.15) is 0 Å². The summed E-state index contributed by atoms with van der Waals surface area (Å²) in [6, 6.07) is 37.0. The first-order valence-electron chi connectivity index (χ1n) is 12.5. The second kappa shape index (κ2) is 11.2. The summed E-state index contributed by atoms with van der Waals surface area (Å²) in [5.74, 6) is 0. The molecule has 0 aliphatic heterocycles. The van der Waals surface area contributed by atoms with Gasteiger partial charge in [-0.3, -0.25) is 0 Å². The van der Waals surface area contributed by atoms with E-state index in [1.54, 1.807) is 0 Å². The van der Waals surface area contributed by atoms with Gasteiger partial charge in [0, 0.05) is 6.04 Å². The Morgan fingerprint density at radius 2 is 1.31 bits per heavy atom. The number of benzene rings is 4. The van der Waals surface area contributed by atoms with E-state index in [0.717, 1.165) is 6.42 Å². The van der Waals surface area contributed by atoms with E-state index < -0.39 is 7.92 Å². The molecule has 4 heteroatoms. The molecular formula is C32H31N2PS. The summed E-state index contributed by atoms with van der Waals surface area (Å²) >= 11 is 5.80. The highest BCUT2D eigenvalue weighted by atomic mass is 32.1. The Morgan fingerprint density at radius 1 is 0.722 bits per heavy atom. The van der Waals surface area contributed by atoms with Crippen LogP contribution in [0.25, 0.3) is 10.8 Å². The van der Waals surface area contributed by atoms with Gasteiger partial charge in [0.1, 0.15) is 0 Å². The van der Waals surface area contributed by atoms with E-state index in [1.165, 1.54) is 37.8 Å². The highest BCUT2D eigenvalue weighted by Gasteiger charge is 2.25. The first-order valence-corrected chi connectivity index (χ1v) is 14.2. The molecule has 1 aliphatic carbocycles. The smallest absolute Gasteiger partial charge is 0.167 e. The Kier molecular flexibility index (Phi) is 7.60. The highest BCUT2D eigenvalue weighted by Crippen LogP contribution is 2.48. The summed E-state index contributed by atoms with van der Waals surface area (Å²) in [5, 5.41) is 14.5. The van der Waals surface area contributed by atoms with Crippen LogP contribution in [0.1, 0.15) is 31.9 Å². The van der Waals surface area contributed by atoms with Crippen molar-refractivity contribution in [2.45, 2.75) is 32.4 Å². The van der Waals surface area contributed by atoms with Crippen molar-refractivity contribution in [1.29, 1.82) is 0 Å². The van der Waals surface area contributed by atoms with Crippen molar-refractivity contribution in [2.75, 3.05) is 0 Å². The molecule has 0 aromatic heterocycles. The predicted octanol–water partition coefficient (Wildman–Crippen LogP) is 7.10. The molecule has 2 nitrogen and oxygen atoms in total. The molecule has 0 amide bonds. The van der Waals surface area contributed by atoms with Gasteiger partial charge in [0.05, 0.1) is 6.04 Å². The minimum Gasteiger partial charge on any atom is -0.356 e. The van der Waals surface area contributed by atoms with E-state index >= 15 is 0 Å². The zero-order chi connectivity index (χ0) is 24.9. The monoisotopic (exact) mass is 506 g/mol. The lowest BCUT2D eigenvalue weighted by Gasteiger charge is -2.26. The van der Waals surface area contributed by atoms with Crippen LogP contribution in [0, 0.1) is 0 Å². The fourth-order valence-corrected chi connectivity index (χ4v) is 7.91. The SMILES string of the molecule is C[C@@H](NC(=S)N[C@H](C)c1cccc2ccccc12)C1=C(P(c2ccccc2)c2ccccc2)C=CC1. The molecule has 2 atom stereocenters. The van der Waals surface area contributed by atoms with Crippen LogP contribution in [-0.4, -0.2) is 11.2 Å². The molecule has 1 aliphatic rings. The average Bonchev–Trinajstić information content (AvgIpc) is 3.39. The summed E-state index contributed by atoms with van der Waals surface area (Å²) in [6.45, 7) is 4.40. The number of nitrogens with one attached hydrogen (secondary N) is 2. The van der Waals surface area contributed by atoms with Crippen molar-refractivity contribution < 1.29 is 0 Å². The third kappa shape index (κ3) is 5.28. The second-order valence-corrected chi connectivity index (χ2v) is 11.7. The third-order valence-corrected chi connectivity index (χ3v) is 9.50. The van der Waals surface area contributed by atoms with Crippen LogP contribution >= 0.6 is 20.1 Å². The molecule has 180 valence electrons. The van der Waals surface area contributed by atoms with Crippen molar-refractivity contribution >= 4 is 46.6 Å². The van der Waals surface area contributed by atoms with Crippen LogP contribution in [0.2, 0.25) is 0 Å². The summed E-state index contributed by atoms with van der Waals surface area (Å²) in [6.07, 6.45) is 5.57. The maximum atomic E-state index is 5.80. The van der Waals surface area contributed by atoms with Crippen LogP contribution in [0.15, 0.2) is 126 Å². The Balaban J connectivity index is 1.37. The van der Waals surface area contributed by atoms with Crippen molar-refractivity contribution in [3.63, 3.8) is 0 Å². The van der Waals surface area contributed by atoms with Crippen molar-refractivity contribution in [1.82, 2.24) is 10.6 Å². The molecule has 4 aromatic carbocycles. The Labute approximate surface area is 220 Å². The molecule has 0 spiro atoms. The number of fused-ring (bicyclic) bond motifs is 1. The van der Waals surface area contributed by atoms with E-state index in [2.05, 4.69) is 140 Å². The molecule has 0 unspecified atom stereocenters. The average molecular weight is 507 g/mol. The summed E-state index contributed by atoms with van der Waals surface area (Å²) < 4.78 is 0. The fraction of sp³-hybridized carbons (Fsp3) is 0.156. The van der Waals surface area contributed by atoms with Gasteiger partial charge < -0.3 is 10.6 Å². The molecule has 2 N–H and O–H groups in total. The number of thiocarbonyl (C=S) groups is 1. The lowest BCUT2D eigenvalue weighted by molar-refractivity contribution is 0.673. The minimum atomic E-state index is -0.632. The summed E-state index contributed by atoms with van der Waals surface area (Å²) in [5.41, 5.74) is 2.67. The molecule has 5 rings (SSSR count). The minimum absolute atomic E-state index is 0.101. The van der Waals surface area contributed by atoms with Gasteiger partial charge in [0.25, 0.3) is 0 Å². The number of rotatable bonds is 7. The van der Waals surface area contributed by atoms with E-state index in [4.69, 9.17) is 12.2 Å². The van der Waals surface area contributed by atoms with Gasteiger partial charge in [-0.15, -0.1) is 0 Å². The van der Waals surface area contributed by atoms with Crippen LogP contribution in [-0.2, 0) is 0 Å². The Morgan fingerprint density at radius 3 is 2.00 bits per heavy atom. The van der Waals surface area contributed by atoms with Crippen LogP contribution in [0.3, 0.4) is 0 Å². The van der Waals surface area contributed by atoms with Gasteiger partial charge in [-0.1, -0.05) is 115 Å². The normalized spacial score (nSPS) is 14.8. The first-order chi connectivity index (χ1) is 17.6. The van der Waals surface area contributed by atoms with Gasteiger partial charge in [0.15, 0.2) is 5.11 Å². The van der Waals surface area contributed by atoms with Crippen molar-refractivity contribution in [2.24, 2.45) is 0 Å². The molecule has 0 radical (unpaired) electrons. The number of allylic oxidation sites excluding steroid dienone is 3. The Bertz CT molecular complexity index is 1370. The molecule has 0 saturated carbocycles. The maximum absolute atomic E-state index is 5.80. The van der Waals surface area contributed by atoms with Gasteiger partial charge >= 0.3 is 0 Å². The molecule has 36 heavy (non-hydrogen) atoms. The van der Waals surface area contributed by atoms with Gasteiger partial charge in [0.2, 0.25) is 0 Å². The van der Waals surface area contributed by atoms with E-state index in [9.17, 15) is 0 Å². The van der Waals surface area contributed by atoms with Gasteiger partial charge in [-0.05, 0) is 78.2 Å². The van der Waals surface area contributed by atoms with Crippen LogP contribution in [0.5, 0.6) is 0 Å². The quantitative estimate of drug-likeness (QED) is 0.207. The largest absolute Gasteiger partial charge is 0.356 e. The molecular weight excluding hydrogens is 475 g/mol. The highest BCUT2D eigenvalue weighted by molar-refractivity contribution is 7.80. The number of hydrogen-bond donors (Lipinski definition) is 2. The second-order valence-electron chi connectivity index (χ2n) is 9.15. The van der Waals surface area contributed by atoms with E-state index in [0.29, 0.717) is 5.11 Å². The van der Waals surface area contributed by atoms with E-state index in [-0.39, 0.29) is 12.1 Å². The summed E-state index contributed by atoms with van der Waals surface area (Å²) in [4.78, 5) is 0. The Hall–Kier alpha value is -3.26. The third-order valence-electron chi connectivity index (χ3n) is 6.72. The molecule has 4 aromatic rings. The number of hydrogen-bond acceptors (Lipinski definition) is 1. The lowest BCUT2D eigenvalue weighted by atomic mass is 10.00. The van der Waals surface area contributed by atoms with Crippen molar-refractivity contribution in [3.8, 4) is 0 Å². The topological polar surface area (TPSA) is 24.1 Å². The van der Waals surface area contributed by atoms with Crippen LogP contribution in [0.4, 0.5) is 0 Å². The van der Waals surface area contributed by atoms with Crippen LogP contribution < -0.4 is 21.2 Å². The zero-order valence-corrected chi connectivity index (χ0v) is 22.4. The molecule has 0 heterocycles.